The van der Waals surface area contributed by atoms with Crippen LogP contribution in [0.5, 0.6) is 11.5 Å². The van der Waals surface area contributed by atoms with E-state index in [1.54, 1.807) is 11.8 Å². The van der Waals surface area contributed by atoms with E-state index >= 15 is 0 Å². The van der Waals surface area contributed by atoms with Crippen molar-refractivity contribution in [3.8, 4) is 16.6 Å². The number of aromatic nitrogens is 3. The van der Waals surface area contributed by atoms with E-state index in [1.165, 1.54) is 11.3 Å². The van der Waals surface area contributed by atoms with Gasteiger partial charge in [0, 0.05) is 23.5 Å². The number of rotatable bonds is 5. The van der Waals surface area contributed by atoms with Crippen LogP contribution in [0.25, 0.3) is 15.3 Å². The van der Waals surface area contributed by atoms with E-state index in [0.29, 0.717) is 24.0 Å². The van der Waals surface area contributed by atoms with E-state index in [1.807, 2.05) is 56.3 Å². The second-order valence-electron chi connectivity index (χ2n) is 7.37. The number of methoxy groups -OCH3 is 1. The monoisotopic (exact) mass is 434 g/mol. The second-order valence-corrected chi connectivity index (χ2v) is 8.37. The predicted octanol–water partition coefficient (Wildman–Crippen LogP) is 4.67. The van der Waals surface area contributed by atoms with Crippen LogP contribution in [0.2, 0.25) is 0 Å². The van der Waals surface area contributed by atoms with Gasteiger partial charge in [-0.3, -0.25) is 4.79 Å². The molecule has 31 heavy (non-hydrogen) atoms. The fourth-order valence-corrected chi connectivity index (χ4v) is 5.10. The Morgan fingerprint density at radius 2 is 2.10 bits per heavy atom. The molecule has 0 saturated heterocycles. The molecule has 0 aliphatic carbocycles. The van der Waals surface area contributed by atoms with Crippen LogP contribution in [0.3, 0.4) is 0 Å². The maximum Gasteiger partial charge on any atom is 0.226 e. The molecule has 0 unspecified atom stereocenters. The first kappa shape index (κ1) is 19.6. The molecule has 2 aromatic carbocycles. The highest BCUT2D eigenvalue weighted by Crippen LogP contribution is 2.43. The van der Waals surface area contributed by atoms with E-state index < -0.39 is 0 Å². The number of amides is 1. The summed E-state index contributed by atoms with van der Waals surface area (Å²) in [7, 11) is 1.65. The average Bonchev–Trinajstić information content (AvgIpc) is 3.34. The molecule has 8 heteroatoms. The maximum absolute atomic E-state index is 12.7. The Morgan fingerprint density at radius 3 is 2.90 bits per heavy atom. The van der Waals surface area contributed by atoms with Crippen LogP contribution in [0.1, 0.15) is 36.1 Å². The van der Waals surface area contributed by atoms with Gasteiger partial charge in [0.2, 0.25) is 11.0 Å². The summed E-state index contributed by atoms with van der Waals surface area (Å²) in [5, 5.41) is 8.49. The Morgan fingerprint density at radius 1 is 1.26 bits per heavy atom. The van der Waals surface area contributed by atoms with E-state index in [2.05, 4.69) is 5.32 Å². The van der Waals surface area contributed by atoms with Gasteiger partial charge in [0.15, 0.2) is 0 Å². The lowest BCUT2D eigenvalue weighted by atomic mass is 9.85. The van der Waals surface area contributed by atoms with Crippen molar-refractivity contribution in [2.75, 3.05) is 19.0 Å². The van der Waals surface area contributed by atoms with E-state index in [0.717, 1.165) is 38.5 Å². The molecule has 0 radical (unpaired) electrons. The Kier molecular flexibility index (Phi) is 4.86. The molecule has 7 nitrogen and oxygen atoms in total. The number of fused-ring (bicyclic) bond motifs is 2. The summed E-state index contributed by atoms with van der Waals surface area (Å²) in [6.45, 7) is 4.54. The first-order chi connectivity index (χ1) is 15.1. The van der Waals surface area contributed by atoms with Crippen LogP contribution in [-0.2, 0) is 4.79 Å². The van der Waals surface area contributed by atoms with Crippen LogP contribution in [-0.4, -0.2) is 34.4 Å². The normalized spacial score (nSPS) is 15.6. The van der Waals surface area contributed by atoms with Gasteiger partial charge in [-0.25, -0.2) is 4.98 Å². The molecule has 0 fully saturated rings. The van der Waals surface area contributed by atoms with Gasteiger partial charge < -0.3 is 14.8 Å². The van der Waals surface area contributed by atoms with Gasteiger partial charge >= 0.3 is 0 Å². The Hall–Kier alpha value is -3.39. The molecule has 4 aromatic rings. The number of benzene rings is 2. The van der Waals surface area contributed by atoms with Crippen molar-refractivity contribution < 1.29 is 14.3 Å². The highest BCUT2D eigenvalue weighted by Gasteiger charge is 2.34. The first-order valence-electron chi connectivity index (χ1n) is 10.1. The van der Waals surface area contributed by atoms with Gasteiger partial charge in [-0.2, -0.15) is 9.78 Å². The van der Waals surface area contributed by atoms with Crippen LogP contribution >= 0.6 is 11.3 Å². The van der Waals surface area contributed by atoms with Crippen molar-refractivity contribution in [2.24, 2.45) is 0 Å². The molecule has 1 atom stereocenters. The largest absolute Gasteiger partial charge is 0.496 e. The third-order valence-electron chi connectivity index (χ3n) is 5.46. The Labute approximate surface area is 183 Å². The maximum atomic E-state index is 12.7. The number of carbonyl (C=O) groups is 1. The molecule has 2 aromatic heterocycles. The molecule has 1 N–H and O–H groups in total. The number of para-hydroxylation sites is 1. The number of anilines is 1. The molecule has 5 rings (SSSR count). The third-order valence-corrected chi connectivity index (χ3v) is 6.45. The summed E-state index contributed by atoms with van der Waals surface area (Å²) in [6.07, 6.45) is 0.345. The van der Waals surface area contributed by atoms with Crippen molar-refractivity contribution in [3.63, 3.8) is 0 Å². The molecule has 1 aliphatic rings. The zero-order valence-corrected chi connectivity index (χ0v) is 18.3. The molecule has 1 amide bonds. The number of nitrogens with one attached hydrogen (secondary N) is 1. The second kappa shape index (κ2) is 7.70. The van der Waals surface area contributed by atoms with Crippen molar-refractivity contribution in [3.05, 3.63) is 59.3 Å². The third kappa shape index (κ3) is 3.33. The lowest BCUT2D eigenvalue weighted by molar-refractivity contribution is -0.116. The summed E-state index contributed by atoms with van der Waals surface area (Å²) < 4.78 is 13.9. The summed E-state index contributed by atoms with van der Waals surface area (Å²) >= 11 is 1.52. The van der Waals surface area contributed by atoms with Gasteiger partial charge in [0.05, 0.1) is 29.6 Å². The highest BCUT2D eigenvalue weighted by atomic mass is 32.1. The van der Waals surface area contributed by atoms with Gasteiger partial charge in [-0.1, -0.05) is 29.5 Å². The number of thiazole rings is 1. The number of ether oxygens (including phenoxy) is 2. The number of aryl methyl sites for hydroxylation is 1. The number of carbonyl (C=O) groups excluding carboxylic acids is 1. The highest BCUT2D eigenvalue weighted by molar-refractivity contribution is 7.20. The fourth-order valence-electron chi connectivity index (χ4n) is 4.15. The molecule has 0 spiro atoms. The zero-order valence-electron chi connectivity index (χ0n) is 17.5. The molecule has 0 bridgehead atoms. The molecular formula is C23H22N4O3S. The smallest absolute Gasteiger partial charge is 0.226 e. The van der Waals surface area contributed by atoms with E-state index in [-0.39, 0.29) is 11.8 Å². The summed E-state index contributed by atoms with van der Waals surface area (Å²) in [6, 6.07) is 13.7. The van der Waals surface area contributed by atoms with Crippen molar-refractivity contribution in [1.82, 2.24) is 14.8 Å². The minimum atomic E-state index is -0.132. The molecule has 3 heterocycles. The average molecular weight is 435 g/mol. The van der Waals surface area contributed by atoms with Crippen molar-refractivity contribution in [2.45, 2.75) is 26.2 Å². The molecule has 0 saturated carbocycles. The number of hydrogen-bond acceptors (Lipinski definition) is 6. The van der Waals surface area contributed by atoms with Crippen LogP contribution < -0.4 is 14.8 Å². The molecule has 158 valence electrons. The molecular weight excluding hydrogens is 412 g/mol. The number of nitrogens with zero attached hydrogens (tertiary/aromatic N) is 3. The predicted molar refractivity (Wildman–Crippen MR) is 121 cm³/mol. The summed E-state index contributed by atoms with van der Waals surface area (Å²) in [4.78, 5) is 17.4. The van der Waals surface area contributed by atoms with Crippen LogP contribution in [0.4, 0.5) is 5.82 Å². The summed E-state index contributed by atoms with van der Waals surface area (Å²) in [5.41, 5.74) is 3.71. The van der Waals surface area contributed by atoms with E-state index in [4.69, 9.17) is 19.6 Å². The Bertz CT molecular complexity index is 1290. The molecule has 1 aliphatic heterocycles. The SMILES string of the molecule is CCOc1ccc2nc(-n3nc(C)c4c3NC(=O)C[C@H]4c3ccccc3OC)sc2c1. The Balaban J connectivity index is 1.63. The number of hydrogen-bond donors (Lipinski definition) is 1. The van der Waals surface area contributed by atoms with Gasteiger partial charge in [-0.05, 0) is 38.1 Å². The van der Waals surface area contributed by atoms with Crippen LogP contribution in [0, 0.1) is 6.92 Å². The van der Waals surface area contributed by atoms with Crippen molar-refractivity contribution >= 4 is 33.3 Å². The minimum Gasteiger partial charge on any atom is -0.496 e. The lowest BCUT2D eigenvalue weighted by Crippen LogP contribution is -2.25. The topological polar surface area (TPSA) is 78.3 Å². The zero-order chi connectivity index (χ0) is 21.5. The minimum absolute atomic E-state index is 0.0516. The fraction of sp³-hybridized carbons (Fsp3) is 0.261. The standard InChI is InChI=1S/C23H22N4O3S/c1-4-30-14-9-10-17-19(11-14)31-23(24-17)27-22-21(13(2)26-27)16(12-20(28)25-22)15-7-5-6-8-18(15)29-3/h5-11,16H,4,12H2,1-3H3,(H,25,28)/t16-/m0/s1. The van der Waals surface area contributed by atoms with Crippen molar-refractivity contribution in [1.29, 1.82) is 0 Å². The van der Waals surface area contributed by atoms with Gasteiger partial charge in [-0.15, -0.1) is 0 Å². The van der Waals surface area contributed by atoms with E-state index in [9.17, 15) is 4.79 Å². The first-order valence-corrected chi connectivity index (χ1v) is 11.0. The van der Waals surface area contributed by atoms with Crippen LogP contribution in [0.15, 0.2) is 42.5 Å². The van der Waals surface area contributed by atoms with Gasteiger partial charge in [0.1, 0.15) is 17.3 Å². The quantitative estimate of drug-likeness (QED) is 0.494. The van der Waals surface area contributed by atoms with Gasteiger partial charge in [0.25, 0.3) is 0 Å². The summed E-state index contributed by atoms with van der Waals surface area (Å²) in [5.74, 6) is 2.07. The lowest BCUT2D eigenvalue weighted by Gasteiger charge is -2.25.